The van der Waals surface area contributed by atoms with Gasteiger partial charge in [-0.25, -0.2) is 4.79 Å². The van der Waals surface area contributed by atoms with Crippen molar-refractivity contribution in [3.8, 4) is 0 Å². The lowest BCUT2D eigenvalue weighted by atomic mass is 10.0. The minimum atomic E-state index is -0.877. The van der Waals surface area contributed by atoms with Gasteiger partial charge in [0.2, 0.25) is 5.91 Å². The normalized spacial score (nSPS) is 25.7. The van der Waals surface area contributed by atoms with Crippen LogP contribution < -0.4 is 0 Å². The molecule has 0 aromatic rings. The third-order valence-corrected chi connectivity index (χ3v) is 4.22. The summed E-state index contributed by atoms with van der Waals surface area (Å²) in [6.45, 7) is 6.28. The van der Waals surface area contributed by atoms with Gasteiger partial charge in [-0.2, -0.15) is 0 Å². The fraction of sp³-hybridized carbons (Fsp3) is 0.846. The van der Waals surface area contributed by atoms with E-state index in [0.29, 0.717) is 13.0 Å². The summed E-state index contributed by atoms with van der Waals surface area (Å²) in [6, 6.07) is -0.626. The smallest absolute Gasteiger partial charge is 0.326 e. The second kappa shape index (κ2) is 4.88. The zero-order valence-corrected chi connectivity index (χ0v) is 11.2. The topological polar surface area (TPSA) is 60.9 Å². The standard InChI is InChI=1S/C13H22N2O3/c1-13(2,14-7-3-4-8-14)12(18)15-9-5-6-10(15)11(16)17/h10H,3-9H2,1-2H3,(H,16,17). The highest BCUT2D eigenvalue weighted by molar-refractivity contribution is 5.90. The molecule has 2 aliphatic rings. The number of hydrogen-bond acceptors (Lipinski definition) is 3. The highest BCUT2D eigenvalue weighted by Gasteiger charge is 2.44. The third kappa shape index (κ3) is 2.23. The van der Waals surface area contributed by atoms with Gasteiger partial charge in [0.15, 0.2) is 0 Å². The van der Waals surface area contributed by atoms with E-state index in [-0.39, 0.29) is 5.91 Å². The molecule has 0 aromatic heterocycles. The van der Waals surface area contributed by atoms with Crippen LogP contribution >= 0.6 is 0 Å². The maximum Gasteiger partial charge on any atom is 0.326 e. The molecule has 1 amide bonds. The van der Waals surface area contributed by atoms with Gasteiger partial charge < -0.3 is 10.0 Å². The molecule has 2 aliphatic heterocycles. The number of hydrogen-bond donors (Lipinski definition) is 1. The molecule has 0 bridgehead atoms. The molecule has 18 heavy (non-hydrogen) atoms. The van der Waals surface area contributed by atoms with E-state index in [1.54, 1.807) is 4.90 Å². The molecule has 5 nitrogen and oxygen atoms in total. The third-order valence-electron chi connectivity index (χ3n) is 4.22. The number of nitrogens with zero attached hydrogens (tertiary/aromatic N) is 2. The number of amides is 1. The number of carbonyl (C=O) groups excluding carboxylic acids is 1. The fourth-order valence-corrected chi connectivity index (χ4v) is 3.03. The van der Waals surface area contributed by atoms with Crippen LogP contribution in [0.3, 0.4) is 0 Å². The first kappa shape index (κ1) is 13.3. The van der Waals surface area contributed by atoms with E-state index in [1.807, 2.05) is 13.8 Å². The van der Waals surface area contributed by atoms with Gasteiger partial charge in [-0.1, -0.05) is 0 Å². The Hall–Kier alpha value is -1.10. The lowest BCUT2D eigenvalue weighted by Crippen LogP contribution is -2.57. The van der Waals surface area contributed by atoms with E-state index in [0.717, 1.165) is 32.4 Å². The summed E-state index contributed by atoms with van der Waals surface area (Å²) in [5, 5.41) is 9.16. The van der Waals surface area contributed by atoms with Gasteiger partial charge in [0.1, 0.15) is 6.04 Å². The van der Waals surface area contributed by atoms with Crippen LogP contribution in [-0.4, -0.2) is 58.0 Å². The minimum absolute atomic E-state index is 0.0331. The van der Waals surface area contributed by atoms with Crippen molar-refractivity contribution in [1.29, 1.82) is 0 Å². The molecule has 2 fully saturated rings. The zero-order valence-electron chi connectivity index (χ0n) is 11.2. The van der Waals surface area contributed by atoms with Crippen LogP contribution in [0.15, 0.2) is 0 Å². The van der Waals surface area contributed by atoms with Crippen LogP contribution in [0.4, 0.5) is 0 Å². The predicted octanol–water partition coefficient (Wildman–Crippen LogP) is 0.936. The molecule has 1 unspecified atom stereocenters. The molecule has 0 radical (unpaired) electrons. The van der Waals surface area contributed by atoms with Crippen LogP contribution in [-0.2, 0) is 9.59 Å². The summed E-state index contributed by atoms with van der Waals surface area (Å²) in [4.78, 5) is 27.5. The Kier molecular flexibility index (Phi) is 3.61. The first-order valence-electron chi connectivity index (χ1n) is 6.73. The quantitative estimate of drug-likeness (QED) is 0.814. The highest BCUT2D eigenvalue weighted by atomic mass is 16.4. The second-order valence-corrected chi connectivity index (χ2v) is 5.75. The number of carboxylic acid groups (broad SMARTS) is 1. The Balaban J connectivity index is 2.12. The molecule has 1 atom stereocenters. The van der Waals surface area contributed by atoms with Crippen molar-refractivity contribution >= 4 is 11.9 Å². The molecule has 2 heterocycles. The average molecular weight is 254 g/mol. The van der Waals surface area contributed by atoms with Crippen molar-refractivity contribution in [2.45, 2.75) is 51.1 Å². The van der Waals surface area contributed by atoms with Crippen molar-refractivity contribution in [2.75, 3.05) is 19.6 Å². The number of likely N-dealkylation sites (tertiary alicyclic amines) is 2. The Morgan fingerprint density at radius 3 is 2.28 bits per heavy atom. The van der Waals surface area contributed by atoms with Crippen LogP contribution in [0.2, 0.25) is 0 Å². The predicted molar refractivity (Wildman–Crippen MR) is 67.3 cm³/mol. The Bertz CT molecular complexity index is 348. The van der Waals surface area contributed by atoms with Crippen molar-refractivity contribution in [3.05, 3.63) is 0 Å². The largest absolute Gasteiger partial charge is 0.480 e. The Labute approximate surface area is 108 Å². The van der Waals surface area contributed by atoms with E-state index >= 15 is 0 Å². The van der Waals surface area contributed by atoms with Crippen molar-refractivity contribution in [1.82, 2.24) is 9.80 Å². The van der Waals surface area contributed by atoms with Crippen molar-refractivity contribution in [2.24, 2.45) is 0 Å². The summed E-state index contributed by atoms with van der Waals surface area (Å²) in [5.41, 5.74) is -0.575. The SMILES string of the molecule is CC(C)(C(=O)N1CCCC1C(=O)O)N1CCCC1. The molecule has 0 saturated carbocycles. The molecule has 2 rings (SSSR count). The van der Waals surface area contributed by atoms with Gasteiger partial charge >= 0.3 is 5.97 Å². The number of rotatable bonds is 3. The number of carboxylic acids is 1. The lowest BCUT2D eigenvalue weighted by molar-refractivity contribution is -0.153. The van der Waals surface area contributed by atoms with Crippen molar-refractivity contribution < 1.29 is 14.7 Å². The average Bonchev–Trinajstić information content (AvgIpc) is 2.98. The van der Waals surface area contributed by atoms with Crippen LogP contribution in [0.5, 0.6) is 0 Å². The van der Waals surface area contributed by atoms with E-state index in [2.05, 4.69) is 4.90 Å². The molecule has 102 valence electrons. The summed E-state index contributed by atoms with van der Waals surface area (Å²) in [6.07, 6.45) is 3.62. The molecule has 2 saturated heterocycles. The summed E-state index contributed by atoms with van der Waals surface area (Å²) >= 11 is 0. The Morgan fingerprint density at radius 2 is 1.72 bits per heavy atom. The highest BCUT2D eigenvalue weighted by Crippen LogP contribution is 2.27. The minimum Gasteiger partial charge on any atom is -0.480 e. The molecular formula is C13H22N2O3. The molecule has 0 spiro atoms. The van der Waals surface area contributed by atoms with Crippen LogP contribution in [0, 0.1) is 0 Å². The second-order valence-electron chi connectivity index (χ2n) is 5.75. The van der Waals surface area contributed by atoms with Gasteiger partial charge in [-0.05, 0) is 52.6 Å². The number of aliphatic carboxylic acids is 1. The Morgan fingerprint density at radius 1 is 1.11 bits per heavy atom. The molecule has 0 aromatic carbocycles. The molecule has 0 aliphatic carbocycles. The van der Waals surface area contributed by atoms with Crippen LogP contribution in [0.1, 0.15) is 39.5 Å². The van der Waals surface area contributed by atoms with Gasteiger partial charge in [-0.3, -0.25) is 9.69 Å². The maximum absolute atomic E-state index is 12.6. The van der Waals surface area contributed by atoms with Gasteiger partial charge in [-0.15, -0.1) is 0 Å². The summed E-state index contributed by atoms with van der Waals surface area (Å²) in [5.74, 6) is -0.910. The molecule has 5 heteroatoms. The van der Waals surface area contributed by atoms with E-state index in [9.17, 15) is 9.59 Å². The van der Waals surface area contributed by atoms with Gasteiger partial charge in [0.25, 0.3) is 0 Å². The maximum atomic E-state index is 12.6. The first-order valence-corrected chi connectivity index (χ1v) is 6.73. The van der Waals surface area contributed by atoms with E-state index in [1.165, 1.54) is 0 Å². The molecular weight excluding hydrogens is 232 g/mol. The number of carbonyl (C=O) groups is 2. The first-order chi connectivity index (χ1) is 8.44. The van der Waals surface area contributed by atoms with Crippen molar-refractivity contribution in [3.63, 3.8) is 0 Å². The zero-order chi connectivity index (χ0) is 13.3. The fourth-order valence-electron chi connectivity index (χ4n) is 3.03. The van der Waals surface area contributed by atoms with E-state index < -0.39 is 17.6 Å². The summed E-state index contributed by atoms with van der Waals surface area (Å²) in [7, 11) is 0. The van der Waals surface area contributed by atoms with Crippen LogP contribution in [0.25, 0.3) is 0 Å². The monoisotopic (exact) mass is 254 g/mol. The van der Waals surface area contributed by atoms with Gasteiger partial charge in [0.05, 0.1) is 5.54 Å². The van der Waals surface area contributed by atoms with E-state index in [4.69, 9.17) is 5.11 Å². The lowest BCUT2D eigenvalue weighted by Gasteiger charge is -2.38. The molecule has 1 N–H and O–H groups in total. The van der Waals surface area contributed by atoms with Gasteiger partial charge in [0, 0.05) is 6.54 Å². The summed E-state index contributed by atoms with van der Waals surface area (Å²) < 4.78 is 0.